The van der Waals surface area contributed by atoms with Crippen molar-refractivity contribution in [3.8, 4) is 0 Å². The van der Waals surface area contributed by atoms with Gasteiger partial charge in [0.25, 0.3) is 0 Å². The maximum atomic E-state index is 10.2. The molecule has 0 aliphatic heterocycles. The van der Waals surface area contributed by atoms with Crippen LogP contribution in [0.3, 0.4) is 0 Å². The zero-order valence-electron chi connectivity index (χ0n) is 11.7. The van der Waals surface area contributed by atoms with Crippen molar-refractivity contribution >= 4 is 0 Å². The van der Waals surface area contributed by atoms with Crippen molar-refractivity contribution in [1.29, 1.82) is 5.39 Å². The van der Waals surface area contributed by atoms with Gasteiger partial charge in [0.05, 0.1) is 0 Å². The zero-order chi connectivity index (χ0) is 13.5. The number of aliphatic hydroxyl groups is 1. The Labute approximate surface area is 109 Å². The number of aliphatic hydroxyl groups excluding tert-OH is 1. The van der Waals surface area contributed by atoms with E-state index < -0.39 is 0 Å². The molecule has 2 bridgehead atoms. The van der Waals surface area contributed by atoms with E-state index in [0.717, 1.165) is 12.8 Å². The third-order valence-electron chi connectivity index (χ3n) is 5.13. The Bertz CT molecular complexity index is 444. The van der Waals surface area contributed by atoms with Crippen LogP contribution in [0.1, 0.15) is 40.5 Å². The Morgan fingerprint density at radius 3 is 2.78 bits per heavy atom. The summed E-state index contributed by atoms with van der Waals surface area (Å²) < 4.78 is 0. The van der Waals surface area contributed by atoms with Gasteiger partial charge < -0.3 is 5.11 Å². The minimum atomic E-state index is -0.263. The standard InChI is InChI=1S/C15H22N2O/c1-9(2)12-6-13-10(3)5-11(12)7-15(13,4)14(18)8-17-16/h5,8-9,11-13H,6-7H2,1-4H3/p+1/b14-8-/t11-,12+,13+,15+/m0/s1. The molecule has 4 atom stereocenters. The van der Waals surface area contributed by atoms with Crippen molar-refractivity contribution in [2.45, 2.75) is 40.5 Å². The van der Waals surface area contributed by atoms with E-state index in [2.05, 4.69) is 38.7 Å². The van der Waals surface area contributed by atoms with Crippen LogP contribution in [0.25, 0.3) is 4.98 Å². The van der Waals surface area contributed by atoms with E-state index in [1.165, 1.54) is 11.8 Å². The van der Waals surface area contributed by atoms with E-state index in [-0.39, 0.29) is 11.2 Å². The molecule has 3 rings (SSSR count). The normalized spacial score (nSPS) is 39.7. The molecule has 0 unspecified atom stereocenters. The first-order valence-electron chi connectivity index (χ1n) is 6.82. The van der Waals surface area contributed by atoms with Crippen molar-refractivity contribution in [2.24, 2.45) is 29.1 Å². The van der Waals surface area contributed by atoms with Crippen LogP contribution in [-0.2, 0) is 0 Å². The summed E-state index contributed by atoms with van der Waals surface area (Å²) in [5.74, 6) is 2.52. The smallest absolute Gasteiger partial charge is 0.387 e. The molecule has 0 heterocycles. The van der Waals surface area contributed by atoms with Crippen molar-refractivity contribution in [1.82, 2.24) is 0 Å². The molecule has 0 radical (unpaired) electrons. The fourth-order valence-corrected chi connectivity index (χ4v) is 4.07. The van der Waals surface area contributed by atoms with Crippen LogP contribution in [0.4, 0.5) is 0 Å². The van der Waals surface area contributed by atoms with Gasteiger partial charge in [-0.2, -0.15) is 0 Å². The quantitative estimate of drug-likeness (QED) is 0.443. The van der Waals surface area contributed by atoms with Crippen LogP contribution < -0.4 is 0 Å². The van der Waals surface area contributed by atoms with Crippen LogP contribution >= 0.6 is 0 Å². The molecule has 0 amide bonds. The topological polar surface area (TPSA) is 48.4 Å². The summed E-state index contributed by atoms with van der Waals surface area (Å²) in [5, 5.41) is 18.8. The summed E-state index contributed by atoms with van der Waals surface area (Å²) >= 11 is 0. The Morgan fingerprint density at radius 2 is 2.28 bits per heavy atom. The molecule has 1 N–H and O–H groups in total. The number of fused-ring (bicyclic) bond motifs is 2. The highest BCUT2D eigenvalue weighted by Crippen LogP contribution is 2.58. The van der Waals surface area contributed by atoms with Gasteiger partial charge in [-0.3, -0.25) is 0 Å². The maximum Gasteiger partial charge on any atom is 0.387 e. The second kappa shape index (κ2) is 4.42. The van der Waals surface area contributed by atoms with Gasteiger partial charge >= 0.3 is 6.20 Å². The molecule has 0 aromatic carbocycles. The second-order valence-corrected chi connectivity index (χ2v) is 6.52. The van der Waals surface area contributed by atoms with Crippen LogP contribution in [0.15, 0.2) is 23.6 Å². The highest BCUT2D eigenvalue weighted by Gasteiger charge is 2.51. The minimum absolute atomic E-state index is 0.217. The molecule has 0 aromatic heterocycles. The highest BCUT2D eigenvalue weighted by molar-refractivity contribution is 5.27. The van der Waals surface area contributed by atoms with Gasteiger partial charge in [-0.25, -0.2) is 0 Å². The summed E-state index contributed by atoms with van der Waals surface area (Å²) in [5.41, 5.74) is 1.12. The van der Waals surface area contributed by atoms with E-state index in [4.69, 9.17) is 5.39 Å². The molecule has 18 heavy (non-hydrogen) atoms. The third-order valence-corrected chi connectivity index (χ3v) is 5.13. The summed E-state index contributed by atoms with van der Waals surface area (Å²) in [6.07, 6.45) is 5.67. The molecule has 98 valence electrons. The average molecular weight is 247 g/mol. The Morgan fingerprint density at radius 1 is 1.61 bits per heavy atom. The average Bonchev–Trinajstić information content (AvgIpc) is 2.28. The molecule has 3 heteroatoms. The molecule has 1 saturated carbocycles. The van der Waals surface area contributed by atoms with E-state index >= 15 is 0 Å². The molecule has 0 saturated heterocycles. The van der Waals surface area contributed by atoms with Crippen LogP contribution in [0.5, 0.6) is 0 Å². The highest BCUT2D eigenvalue weighted by atomic mass is 16.3. The molecular formula is C15H23N2O+. The lowest BCUT2D eigenvalue weighted by atomic mass is 9.52. The van der Waals surface area contributed by atoms with Crippen molar-refractivity contribution in [3.63, 3.8) is 0 Å². The van der Waals surface area contributed by atoms with Gasteiger partial charge in [-0.05, 0) is 43.4 Å². The second-order valence-electron chi connectivity index (χ2n) is 6.52. The molecule has 3 aliphatic rings. The van der Waals surface area contributed by atoms with Crippen LogP contribution in [0, 0.1) is 34.5 Å². The Hall–Kier alpha value is -1.30. The van der Waals surface area contributed by atoms with Crippen LogP contribution in [-0.4, -0.2) is 5.11 Å². The Balaban J connectivity index is 2.35. The molecule has 3 aliphatic carbocycles. The van der Waals surface area contributed by atoms with Gasteiger partial charge in [0.2, 0.25) is 5.39 Å². The first-order valence-corrected chi connectivity index (χ1v) is 6.82. The lowest BCUT2D eigenvalue weighted by molar-refractivity contribution is 0.0303. The zero-order valence-corrected chi connectivity index (χ0v) is 11.7. The summed E-state index contributed by atoms with van der Waals surface area (Å²) in [6, 6.07) is 0. The number of rotatable bonds is 2. The van der Waals surface area contributed by atoms with Gasteiger partial charge in [-0.15, -0.1) is 0 Å². The fourth-order valence-electron chi connectivity index (χ4n) is 4.07. The molecule has 0 spiro atoms. The summed E-state index contributed by atoms with van der Waals surface area (Å²) in [7, 11) is 0. The Kier molecular flexibility index (Phi) is 3.23. The van der Waals surface area contributed by atoms with Gasteiger partial charge in [0.15, 0.2) is 10.7 Å². The first-order chi connectivity index (χ1) is 8.40. The number of allylic oxidation sites excluding steroid dienone is 3. The molecule has 0 aromatic rings. The maximum absolute atomic E-state index is 10.2. The summed E-state index contributed by atoms with van der Waals surface area (Å²) in [6.45, 7) is 8.82. The number of hydrogen-bond donors (Lipinski definition) is 1. The fraction of sp³-hybridized carbons (Fsp3) is 0.733. The van der Waals surface area contributed by atoms with E-state index in [1.54, 1.807) is 0 Å². The predicted molar refractivity (Wildman–Crippen MR) is 72.2 cm³/mol. The lowest BCUT2D eigenvalue weighted by Crippen LogP contribution is -2.45. The monoisotopic (exact) mass is 247 g/mol. The van der Waals surface area contributed by atoms with Crippen molar-refractivity contribution in [2.75, 3.05) is 0 Å². The lowest BCUT2D eigenvalue weighted by Gasteiger charge is -2.52. The van der Waals surface area contributed by atoms with E-state index in [0.29, 0.717) is 23.7 Å². The van der Waals surface area contributed by atoms with Crippen molar-refractivity contribution < 1.29 is 5.11 Å². The van der Waals surface area contributed by atoms with Gasteiger partial charge in [0.1, 0.15) is 0 Å². The first kappa shape index (κ1) is 13.1. The largest absolute Gasteiger partial charge is 0.505 e. The summed E-state index contributed by atoms with van der Waals surface area (Å²) in [4.78, 5) is 2.99. The van der Waals surface area contributed by atoms with Gasteiger partial charge in [-0.1, -0.05) is 32.4 Å². The number of hydrogen-bond acceptors (Lipinski definition) is 2. The minimum Gasteiger partial charge on any atom is -0.505 e. The number of diazo groups is 1. The van der Waals surface area contributed by atoms with E-state index in [1.807, 2.05) is 0 Å². The molecule has 1 fully saturated rings. The SMILES string of the molecule is CC1=C[C@H]2C[C@@](C)(/C(O)=C/[N+]#N)[C@@H]1C[C@@H]2C(C)C. The molecular weight excluding hydrogens is 224 g/mol. The molecule has 3 nitrogen and oxygen atoms in total. The van der Waals surface area contributed by atoms with Gasteiger partial charge in [0, 0.05) is 5.41 Å². The van der Waals surface area contributed by atoms with Crippen LogP contribution in [0.2, 0.25) is 0 Å². The predicted octanol–water partition coefficient (Wildman–Crippen LogP) is 4.50. The third kappa shape index (κ3) is 1.84. The van der Waals surface area contributed by atoms with Crippen molar-refractivity contribution in [3.05, 3.63) is 28.6 Å². The van der Waals surface area contributed by atoms with E-state index in [9.17, 15) is 5.11 Å². The number of nitrogens with zero attached hydrogens (tertiary/aromatic N) is 2.